The third-order valence-corrected chi connectivity index (χ3v) is 6.12. The van der Waals surface area contributed by atoms with Crippen LogP contribution in [-0.2, 0) is 0 Å². The average Bonchev–Trinajstić information content (AvgIpc) is 2.62. The molecule has 2 N–H and O–H groups in total. The van der Waals surface area contributed by atoms with Crippen molar-refractivity contribution in [2.75, 3.05) is 0 Å². The number of rotatable bonds is 3. The highest BCUT2D eigenvalue weighted by atomic mass is 127. The molecule has 26 heavy (non-hydrogen) atoms. The monoisotopic (exact) mass is 466 g/mol. The van der Waals surface area contributed by atoms with Gasteiger partial charge in [-0.3, -0.25) is 14.4 Å². The van der Waals surface area contributed by atoms with Gasteiger partial charge >= 0.3 is 0 Å². The van der Waals surface area contributed by atoms with E-state index in [0.29, 0.717) is 11.0 Å². The summed E-state index contributed by atoms with van der Waals surface area (Å²) >= 11 is 1.77. The SMILES string of the molecule is O=C(I)NC12CCC(NC(=O)c3cc(=O)c4ccccc4o3)(CC1)CC2. The first kappa shape index (κ1) is 17.5. The van der Waals surface area contributed by atoms with E-state index in [1.807, 2.05) is 0 Å². The van der Waals surface area contributed by atoms with Gasteiger partial charge in [0, 0.05) is 39.7 Å². The van der Waals surface area contributed by atoms with Crippen LogP contribution in [0.1, 0.15) is 49.1 Å². The quantitative estimate of drug-likeness (QED) is 0.412. The number of carbonyl (C=O) groups excluding carboxylic acids is 2. The van der Waals surface area contributed by atoms with Gasteiger partial charge in [-0.2, -0.15) is 0 Å². The molecule has 2 amide bonds. The maximum absolute atomic E-state index is 12.7. The number of carbonyl (C=O) groups is 2. The predicted molar refractivity (Wildman–Crippen MR) is 106 cm³/mol. The summed E-state index contributed by atoms with van der Waals surface area (Å²) in [6.45, 7) is 0. The van der Waals surface area contributed by atoms with Crippen molar-refractivity contribution < 1.29 is 14.0 Å². The number of halogens is 1. The van der Waals surface area contributed by atoms with Crippen LogP contribution in [0, 0.1) is 0 Å². The summed E-state index contributed by atoms with van der Waals surface area (Å²) in [5.74, 6) is -0.300. The van der Waals surface area contributed by atoms with Crippen LogP contribution in [-0.4, -0.2) is 20.9 Å². The Morgan fingerprint density at radius 2 is 1.54 bits per heavy atom. The smallest absolute Gasteiger partial charge is 0.287 e. The van der Waals surface area contributed by atoms with Crippen molar-refractivity contribution in [3.63, 3.8) is 0 Å². The van der Waals surface area contributed by atoms with Crippen LogP contribution >= 0.6 is 22.6 Å². The molecule has 2 bridgehead atoms. The minimum atomic E-state index is -0.347. The molecule has 0 unspecified atom stereocenters. The van der Waals surface area contributed by atoms with Gasteiger partial charge in [0.05, 0.1) is 5.39 Å². The maximum atomic E-state index is 12.7. The number of benzene rings is 1. The molecule has 0 saturated heterocycles. The average molecular weight is 466 g/mol. The standard InChI is InChI=1S/C19H19IN2O4/c20-17(25)22-19-8-5-18(6-9-19,7-10-19)21-16(24)15-11-13(23)12-3-1-2-4-14(12)26-15/h1-4,11H,5-10H2,(H,21,24)(H,22,25). The Labute approximate surface area is 163 Å². The summed E-state index contributed by atoms with van der Waals surface area (Å²) in [6.07, 6.45) is 4.99. The first-order valence-electron chi connectivity index (χ1n) is 8.74. The third kappa shape index (κ3) is 3.13. The zero-order chi connectivity index (χ0) is 18.4. The summed E-state index contributed by atoms with van der Waals surface area (Å²) in [6, 6.07) is 8.18. The minimum absolute atomic E-state index is 0.0287. The van der Waals surface area contributed by atoms with E-state index in [4.69, 9.17) is 4.42 Å². The van der Waals surface area contributed by atoms with Crippen LogP contribution in [0.3, 0.4) is 0 Å². The molecule has 136 valence electrons. The van der Waals surface area contributed by atoms with E-state index in [2.05, 4.69) is 10.6 Å². The molecule has 3 saturated carbocycles. The fraction of sp³-hybridized carbons (Fsp3) is 0.421. The molecule has 3 aliphatic carbocycles. The first-order valence-corrected chi connectivity index (χ1v) is 9.81. The summed E-state index contributed by atoms with van der Waals surface area (Å²) in [5, 5.41) is 6.67. The fourth-order valence-electron chi connectivity index (χ4n) is 4.29. The molecule has 6 nitrogen and oxygen atoms in total. The molecule has 2 aromatic rings. The van der Waals surface area contributed by atoms with Crippen LogP contribution in [0.5, 0.6) is 0 Å². The Kier molecular flexibility index (Phi) is 4.29. The van der Waals surface area contributed by atoms with Crippen molar-refractivity contribution >= 4 is 43.4 Å². The van der Waals surface area contributed by atoms with E-state index < -0.39 is 0 Å². The Morgan fingerprint density at radius 1 is 0.962 bits per heavy atom. The van der Waals surface area contributed by atoms with Crippen LogP contribution in [0.4, 0.5) is 4.79 Å². The molecule has 3 aliphatic rings. The number of amides is 2. The highest BCUT2D eigenvalue weighted by Gasteiger charge is 2.49. The number of hydrogen-bond acceptors (Lipinski definition) is 4. The zero-order valence-electron chi connectivity index (χ0n) is 14.1. The molecule has 1 aromatic carbocycles. The van der Waals surface area contributed by atoms with Crippen molar-refractivity contribution in [3.05, 3.63) is 46.3 Å². The molecule has 3 fully saturated rings. The van der Waals surface area contributed by atoms with Crippen molar-refractivity contribution in [2.45, 2.75) is 49.6 Å². The zero-order valence-corrected chi connectivity index (χ0v) is 16.3. The van der Waals surface area contributed by atoms with Gasteiger partial charge < -0.3 is 15.1 Å². The largest absolute Gasteiger partial charge is 0.451 e. The minimum Gasteiger partial charge on any atom is -0.451 e. The second-order valence-corrected chi connectivity index (χ2v) is 8.36. The van der Waals surface area contributed by atoms with Gasteiger partial charge in [-0.05, 0) is 50.7 Å². The summed E-state index contributed by atoms with van der Waals surface area (Å²) < 4.78 is 5.62. The maximum Gasteiger partial charge on any atom is 0.287 e. The molecular weight excluding hydrogens is 447 g/mol. The van der Waals surface area contributed by atoms with E-state index in [1.165, 1.54) is 6.07 Å². The van der Waals surface area contributed by atoms with Crippen LogP contribution in [0.2, 0.25) is 0 Å². The van der Waals surface area contributed by atoms with E-state index in [9.17, 15) is 14.4 Å². The van der Waals surface area contributed by atoms with E-state index >= 15 is 0 Å². The molecule has 7 heteroatoms. The van der Waals surface area contributed by atoms with Gasteiger partial charge in [-0.25, -0.2) is 0 Å². The topological polar surface area (TPSA) is 88.4 Å². The Balaban J connectivity index is 1.53. The lowest BCUT2D eigenvalue weighted by Crippen LogP contribution is -2.63. The Bertz CT molecular complexity index is 927. The molecule has 0 spiro atoms. The molecule has 0 aliphatic heterocycles. The molecule has 0 atom stereocenters. The lowest BCUT2D eigenvalue weighted by atomic mass is 9.61. The molecule has 1 aromatic heterocycles. The van der Waals surface area contributed by atoms with Gasteiger partial charge in [0.25, 0.3) is 9.82 Å². The molecule has 0 radical (unpaired) electrons. The highest BCUT2D eigenvalue weighted by Crippen LogP contribution is 2.47. The van der Waals surface area contributed by atoms with Crippen molar-refractivity contribution in [1.29, 1.82) is 0 Å². The van der Waals surface area contributed by atoms with E-state index in [0.717, 1.165) is 38.5 Å². The van der Waals surface area contributed by atoms with Crippen LogP contribution < -0.4 is 16.1 Å². The van der Waals surface area contributed by atoms with Crippen LogP contribution in [0.25, 0.3) is 11.0 Å². The second kappa shape index (κ2) is 6.37. The van der Waals surface area contributed by atoms with Gasteiger partial charge in [0.15, 0.2) is 11.2 Å². The lowest BCUT2D eigenvalue weighted by Gasteiger charge is -2.53. The molecular formula is C19H19IN2O4. The summed E-state index contributed by atoms with van der Waals surface area (Å²) in [7, 11) is 0. The Morgan fingerprint density at radius 3 is 2.15 bits per heavy atom. The van der Waals surface area contributed by atoms with Gasteiger partial charge in [-0.15, -0.1) is 0 Å². The number of para-hydroxylation sites is 1. The van der Waals surface area contributed by atoms with Crippen LogP contribution in [0.15, 0.2) is 39.5 Å². The molecule has 5 rings (SSSR count). The number of hydrogen-bond donors (Lipinski definition) is 2. The lowest BCUT2D eigenvalue weighted by molar-refractivity contribution is 0.0530. The summed E-state index contributed by atoms with van der Waals surface area (Å²) in [5.41, 5.74) is -0.205. The summed E-state index contributed by atoms with van der Waals surface area (Å²) in [4.78, 5) is 36.4. The fourth-order valence-corrected chi connectivity index (χ4v) is 4.86. The second-order valence-electron chi connectivity index (χ2n) is 7.38. The Hall–Kier alpha value is -1.90. The normalized spacial score (nSPS) is 27.3. The van der Waals surface area contributed by atoms with Crippen molar-refractivity contribution in [3.8, 4) is 0 Å². The van der Waals surface area contributed by atoms with Gasteiger partial charge in [0.2, 0.25) is 0 Å². The molecule has 1 heterocycles. The van der Waals surface area contributed by atoms with Crippen molar-refractivity contribution in [1.82, 2.24) is 10.6 Å². The van der Waals surface area contributed by atoms with E-state index in [1.54, 1.807) is 46.9 Å². The third-order valence-electron chi connectivity index (χ3n) is 5.85. The highest BCUT2D eigenvalue weighted by molar-refractivity contribution is 14.1. The number of fused-ring (bicyclic) bond motifs is 4. The van der Waals surface area contributed by atoms with E-state index in [-0.39, 0.29) is 32.1 Å². The predicted octanol–water partition coefficient (Wildman–Crippen LogP) is 3.51. The first-order chi connectivity index (χ1) is 12.4. The van der Waals surface area contributed by atoms with Gasteiger partial charge in [-0.1, -0.05) is 12.1 Å². The van der Waals surface area contributed by atoms with Crippen molar-refractivity contribution in [2.24, 2.45) is 0 Å². The van der Waals surface area contributed by atoms with Gasteiger partial charge in [0.1, 0.15) is 5.58 Å². The number of nitrogens with one attached hydrogen (secondary N) is 2.